The minimum Gasteiger partial charge on any atom is -0.374 e. The molecule has 0 bridgehead atoms. The Morgan fingerprint density at radius 2 is 2.20 bits per heavy atom. The molecule has 0 aromatic carbocycles. The Hall–Kier alpha value is -1.14. The third-order valence-electron chi connectivity index (χ3n) is 1.86. The molecule has 2 aromatic heterocycles. The average molecular weight is 244 g/mol. The maximum atomic E-state index is 6.05. The van der Waals surface area contributed by atoms with Crippen molar-refractivity contribution < 1.29 is 0 Å². The van der Waals surface area contributed by atoms with Crippen molar-refractivity contribution in [3.05, 3.63) is 11.2 Å². The maximum Gasteiger partial charge on any atom is 0.203 e. The predicted molar refractivity (Wildman–Crippen MR) is 60.9 cm³/mol. The molecule has 0 fully saturated rings. The number of hydrogen-bond acceptors (Lipinski definition) is 5. The molecule has 0 aliphatic carbocycles. The largest absolute Gasteiger partial charge is 0.374 e. The Kier molecular flexibility index (Phi) is 2.62. The molecule has 5 nitrogen and oxygen atoms in total. The van der Waals surface area contributed by atoms with E-state index in [9.17, 15) is 0 Å². The van der Waals surface area contributed by atoms with Gasteiger partial charge < -0.3 is 5.73 Å². The quantitative estimate of drug-likeness (QED) is 0.878. The first-order valence-electron chi connectivity index (χ1n) is 4.42. The highest BCUT2D eigenvalue weighted by Crippen LogP contribution is 2.30. The molecule has 80 valence electrons. The molecule has 0 unspecified atom stereocenters. The van der Waals surface area contributed by atoms with Gasteiger partial charge in [0.25, 0.3) is 0 Å². The Bertz CT molecular complexity index is 475. The zero-order valence-corrected chi connectivity index (χ0v) is 9.88. The molecule has 2 aromatic rings. The SMILES string of the molecule is CC(C)n1cc(Cl)c(-c2nnc(N)s2)n1. The fourth-order valence-electron chi connectivity index (χ4n) is 1.11. The van der Waals surface area contributed by atoms with Gasteiger partial charge in [0.15, 0.2) is 5.01 Å². The monoisotopic (exact) mass is 243 g/mol. The van der Waals surface area contributed by atoms with Crippen LogP contribution in [0.15, 0.2) is 6.20 Å². The molecule has 0 atom stereocenters. The molecule has 2 rings (SSSR count). The smallest absolute Gasteiger partial charge is 0.203 e. The molecule has 0 saturated heterocycles. The highest BCUT2D eigenvalue weighted by molar-refractivity contribution is 7.18. The molecule has 2 N–H and O–H groups in total. The molecule has 0 aliphatic heterocycles. The van der Waals surface area contributed by atoms with Crippen LogP contribution in [0.25, 0.3) is 10.7 Å². The summed E-state index contributed by atoms with van der Waals surface area (Å²) in [7, 11) is 0. The summed E-state index contributed by atoms with van der Waals surface area (Å²) in [6.45, 7) is 4.06. The van der Waals surface area contributed by atoms with Crippen molar-refractivity contribution in [2.75, 3.05) is 5.73 Å². The first-order chi connectivity index (χ1) is 7.08. The second-order valence-electron chi connectivity index (χ2n) is 3.34. The van der Waals surface area contributed by atoms with E-state index in [0.717, 1.165) is 0 Å². The number of nitrogens with zero attached hydrogens (tertiary/aromatic N) is 4. The number of halogens is 1. The van der Waals surface area contributed by atoms with Gasteiger partial charge >= 0.3 is 0 Å². The minimum absolute atomic E-state index is 0.265. The van der Waals surface area contributed by atoms with Crippen molar-refractivity contribution in [3.63, 3.8) is 0 Å². The van der Waals surface area contributed by atoms with E-state index in [1.54, 1.807) is 10.9 Å². The van der Waals surface area contributed by atoms with E-state index in [1.807, 2.05) is 13.8 Å². The van der Waals surface area contributed by atoms with Crippen LogP contribution in [0.2, 0.25) is 5.02 Å². The van der Waals surface area contributed by atoms with Crippen molar-refractivity contribution in [1.29, 1.82) is 0 Å². The molecular weight excluding hydrogens is 234 g/mol. The van der Waals surface area contributed by atoms with E-state index in [-0.39, 0.29) is 6.04 Å². The van der Waals surface area contributed by atoms with Gasteiger partial charge in [0.2, 0.25) is 5.13 Å². The van der Waals surface area contributed by atoms with E-state index in [0.29, 0.717) is 20.9 Å². The number of anilines is 1. The highest BCUT2D eigenvalue weighted by Gasteiger charge is 2.14. The second-order valence-corrected chi connectivity index (χ2v) is 4.76. The van der Waals surface area contributed by atoms with Gasteiger partial charge in [0, 0.05) is 12.2 Å². The standard InChI is InChI=1S/C8H10ClN5S/c1-4(2)14-3-5(9)6(13-14)7-11-12-8(10)15-7/h3-4H,1-2H3,(H2,10,12). The summed E-state index contributed by atoms with van der Waals surface area (Å²) in [6.07, 6.45) is 1.78. The maximum absolute atomic E-state index is 6.05. The van der Waals surface area contributed by atoms with E-state index < -0.39 is 0 Å². The lowest BCUT2D eigenvalue weighted by Crippen LogP contribution is -2.00. The van der Waals surface area contributed by atoms with Crippen LogP contribution in [0.4, 0.5) is 5.13 Å². The van der Waals surface area contributed by atoms with Crippen LogP contribution in [0.5, 0.6) is 0 Å². The number of nitrogens with two attached hydrogens (primary N) is 1. The van der Waals surface area contributed by atoms with Crippen LogP contribution in [-0.2, 0) is 0 Å². The Balaban J connectivity index is 2.44. The van der Waals surface area contributed by atoms with Crippen molar-refractivity contribution in [3.8, 4) is 10.7 Å². The van der Waals surface area contributed by atoms with Gasteiger partial charge in [0.1, 0.15) is 5.69 Å². The Labute approximate surface area is 95.9 Å². The number of nitrogen functional groups attached to an aromatic ring is 1. The van der Waals surface area contributed by atoms with E-state index >= 15 is 0 Å². The van der Waals surface area contributed by atoms with Gasteiger partial charge in [-0.15, -0.1) is 10.2 Å². The summed E-state index contributed by atoms with van der Waals surface area (Å²) < 4.78 is 1.79. The van der Waals surface area contributed by atoms with Crippen molar-refractivity contribution in [1.82, 2.24) is 20.0 Å². The number of aromatic nitrogens is 4. The molecule has 0 spiro atoms. The van der Waals surface area contributed by atoms with E-state index in [2.05, 4.69) is 15.3 Å². The Morgan fingerprint density at radius 1 is 1.47 bits per heavy atom. The molecule has 15 heavy (non-hydrogen) atoms. The zero-order valence-electron chi connectivity index (χ0n) is 8.31. The lowest BCUT2D eigenvalue weighted by atomic mass is 10.4. The molecule has 0 radical (unpaired) electrons. The van der Waals surface area contributed by atoms with Crippen LogP contribution < -0.4 is 5.73 Å². The van der Waals surface area contributed by atoms with E-state index in [1.165, 1.54) is 11.3 Å². The third-order valence-corrected chi connectivity index (χ3v) is 2.90. The minimum atomic E-state index is 0.265. The van der Waals surface area contributed by atoms with Gasteiger partial charge in [-0.05, 0) is 13.8 Å². The lowest BCUT2D eigenvalue weighted by molar-refractivity contribution is 0.534. The summed E-state index contributed by atoms with van der Waals surface area (Å²) in [5, 5.41) is 13.6. The third kappa shape index (κ3) is 1.95. The molecule has 0 amide bonds. The predicted octanol–water partition coefficient (Wildman–Crippen LogP) is 2.22. The van der Waals surface area contributed by atoms with Gasteiger partial charge in [-0.1, -0.05) is 22.9 Å². The van der Waals surface area contributed by atoms with Crippen LogP contribution in [0, 0.1) is 0 Å². The number of hydrogen-bond donors (Lipinski definition) is 1. The lowest BCUT2D eigenvalue weighted by Gasteiger charge is -2.02. The van der Waals surface area contributed by atoms with Crippen LogP contribution in [0.1, 0.15) is 19.9 Å². The van der Waals surface area contributed by atoms with Gasteiger partial charge in [-0.3, -0.25) is 4.68 Å². The van der Waals surface area contributed by atoms with Gasteiger partial charge in [0.05, 0.1) is 5.02 Å². The first kappa shape index (κ1) is 10.4. The molecule has 7 heteroatoms. The average Bonchev–Trinajstić information content (AvgIpc) is 2.71. The molecular formula is C8H10ClN5S. The van der Waals surface area contributed by atoms with Crippen LogP contribution in [-0.4, -0.2) is 20.0 Å². The Morgan fingerprint density at radius 3 is 2.67 bits per heavy atom. The molecule has 2 heterocycles. The van der Waals surface area contributed by atoms with Crippen molar-refractivity contribution in [2.24, 2.45) is 0 Å². The van der Waals surface area contributed by atoms with Crippen LogP contribution in [0.3, 0.4) is 0 Å². The van der Waals surface area contributed by atoms with E-state index in [4.69, 9.17) is 17.3 Å². The fourth-order valence-corrected chi connectivity index (χ4v) is 2.00. The van der Waals surface area contributed by atoms with Gasteiger partial charge in [-0.2, -0.15) is 5.10 Å². The summed E-state index contributed by atoms with van der Waals surface area (Å²) in [5.74, 6) is 0. The zero-order chi connectivity index (χ0) is 11.0. The van der Waals surface area contributed by atoms with Crippen molar-refractivity contribution >= 4 is 28.1 Å². The summed E-state index contributed by atoms with van der Waals surface area (Å²) in [4.78, 5) is 0. The molecule has 0 saturated carbocycles. The first-order valence-corrected chi connectivity index (χ1v) is 5.61. The normalized spacial score (nSPS) is 11.2. The topological polar surface area (TPSA) is 69.6 Å². The highest BCUT2D eigenvalue weighted by atomic mass is 35.5. The summed E-state index contributed by atoms with van der Waals surface area (Å²) in [6, 6.07) is 0.265. The summed E-state index contributed by atoms with van der Waals surface area (Å²) in [5.41, 5.74) is 6.14. The fraction of sp³-hybridized carbons (Fsp3) is 0.375. The number of rotatable bonds is 2. The molecule has 0 aliphatic rings. The van der Waals surface area contributed by atoms with Gasteiger partial charge in [-0.25, -0.2) is 0 Å². The second kappa shape index (κ2) is 3.79. The van der Waals surface area contributed by atoms with Crippen molar-refractivity contribution in [2.45, 2.75) is 19.9 Å². The summed E-state index contributed by atoms with van der Waals surface area (Å²) >= 11 is 7.32. The van der Waals surface area contributed by atoms with Crippen LogP contribution >= 0.6 is 22.9 Å².